The van der Waals surface area contributed by atoms with Crippen molar-refractivity contribution in [1.29, 1.82) is 0 Å². The highest BCUT2D eigenvalue weighted by Crippen LogP contribution is 2.22. The second kappa shape index (κ2) is 8.55. The van der Waals surface area contributed by atoms with Crippen LogP contribution in [0, 0.1) is 0 Å². The number of fused-ring (bicyclic) bond motifs is 1. The highest BCUT2D eigenvalue weighted by atomic mass is 32.2. The summed E-state index contributed by atoms with van der Waals surface area (Å²) < 4.78 is 27.2. The van der Waals surface area contributed by atoms with Crippen LogP contribution >= 0.6 is 11.3 Å². The summed E-state index contributed by atoms with van der Waals surface area (Å²) in [5, 5.41) is 4.88. The fourth-order valence-electron chi connectivity index (χ4n) is 3.43. The number of aromatic nitrogens is 1. The van der Waals surface area contributed by atoms with E-state index in [-0.39, 0.29) is 16.8 Å². The van der Waals surface area contributed by atoms with Crippen molar-refractivity contribution in [3.8, 4) is 0 Å². The zero-order valence-corrected chi connectivity index (χ0v) is 18.0. The van der Waals surface area contributed by atoms with E-state index >= 15 is 0 Å². The van der Waals surface area contributed by atoms with Crippen molar-refractivity contribution >= 4 is 38.1 Å². The standard InChI is InChI=1S/C21H22N4O3S2/c1-15(25-12-10-16-4-2-3-5-17(16)14-25)20(26)23-18-6-8-19(9-7-18)30(27,28)24-21-22-11-13-29-21/h2-9,11,13,15H,10,12,14H2,1H3,(H,22,24)(H,23,26). The molecule has 1 aromatic heterocycles. The number of hydrogen-bond acceptors (Lipinski definition) is 6. The summed E-state index contributed by atoms with van der Waals surface area (Å²) in [6, 6.07) is 14.1. The Balaban J connectivity index is 1.39. The number of thiazole rings is 1. The Morgan fingerprint density at radius 1 is 1.13 bits per heavy atom. The Bertz CT molecular complexity index is 1130. The van der Waals surface area contributed by atoms with E-state index in [4.69, 9.17) is 0 Å². The van der Waals surface area contributed by atoms with Crippen molar-refractivity contribution in [2.45, 2.75) is 30.8 Å². The second-order valence-electron chi connectivity index (χ2n) is 7.12. The predicted octanol–water partition coefficient (Wildman–Crippen LogP) is 3.33. The molecule has 1 aliphatic heterocycles. The summed E-state index contributed by atoms with van der Waals surface area (Å²) >= 11 is 1.21. The highest BCUT2D eigenvalue weighted by molar-refractivity contribution is 7.93. The lowest BCUT2D eigenvalue weighted by Gasteiger charge is -2.32. The van der Waals surface area contributed by atoms with Gasteiger partial charge in [0.15, 0.2) is 5.13 Å². The van der Waals surface area contributed by atoms with Crippen LogP contribution in [0.4, 0.5) is 10.8 Å². The molecule has 30 heavy (non-hydrogen) atoms. The first kappa shape index (κ1) is 20.5. The normalized spacial score (nSPS) is 15.2. The molecule has 0 saturated heterocycles. The molecule has 9 heteroatoms. The minimum atomic E-state index is -3.71. The smallest absolute Gasteiger partial charge is 0.263 e. The van der Waals surface area contributed by atoms with Crippen LogP contribution in [-0.2, 0) is 27.8 Å². The molecule has 0 aliphatic carbocycles. The van der Waals surface area contributed by atoms with Gasteiger partial charge in [0, 0.05) is 30.4 Å². The second-order valence-corrected chi connectivity index (χ2v) is 9.70. The molecule has 0 bridgehead atoms. The molecule has 0 fully saturated rings. The van der Waals surface area contributed by atoms with Gasteiger partial charge in [-0.3, -0.25) is 14.4 Å². The number of nitrogens with one attached hydrogen (secondary N) is 2. The van der Waals surface area contributed by atoms with Crippen LogP contribution in [0.3, 0.4) is 0 Å². The molecular formula is C21H22N4O3S2. The minimum absolute atomic E-state index is 0.108. The van der Waals surface area contributed by atoms with Gasteiger partial charge >= 0.3 is 0 Å². The third-order valence-electron chi connectivity index (χ3n) is 5.17. The Morgan fingerprint density at radius 2 is 1.87 bits per heavy atom. The Kier molecular flexibility index (Phi) is 5.85. The molecule has 2 N–H and O–H groups in total. The number of hydrogen-bond donors (Lipinski definition) is 2. The van der Waals surface area contributed by atoms with Gasteiger partial charge in [-0.1, -0.05) is 24.3 Å². The van der Waals surface area contributed by atoms with Gasteiger partial charge in [-0.05, 0) is 48.7 Å². The zero-order valence-electron chi connectivity index (χ0n) is 16.4. The largest absolute Gasteiger partial charge is 0.325 e. The molecule has 2 aromatic carbocycles. The summed E-state index contributed by atoms with van der Waals surface area (Å²) in [6.45, 7) is 3.45. The Hall–Kier alpha value is -2.75. The van der Waals surface area contributed by atoms with Crippen molar-refractivity contribution < 1.29 is 13.2 Å². The van der Waals surface area contributed by atoms with Crippen LogP contribution in [0.2, 0.25) is 0 Å². The molecule has 4 rings (SSSR count). The van der Waals surface area contributed by atoms with Crippen LogP contribution in [0.5, 0.6) is 0 Å². The number of nitrogens with zero attached hydrogens (tertiary/aromatic N) is 2. The van der Waals surface area contributed by atoms with Crippen LogP contribution in [0.25, 0.3) is 0 Å². The molecule has 0 saturated carbocycles. The highest BCUT2D eigenvalue weighted by Gasteiger charge is 2.25. The number of anilines is 2. The first-order chi connectivity index (χ1) is 14.4. The Labute approximate surface area is 179 Å². The fraction of sp³-hybridized carbons (Fsp3) is 0.238. The lowest BCUT2D eigenvalue weighted by molar-refractivity contribution is -0.121. The lowest BCUT2D eigenvalue weighted by Crippen LogP contribution is -2.44. The minimum Gasteiger partial charge on any atom is -0.325 e. The molecule has 1 atom stereocenters. The average Bonchev–Trinajstić information content (AvgIpc) is 3.25. The molecule has 1 aliphatic rings. The van der Waals surface area contributed by atoms with Crippen molar-refractivity contribution in [2.75, 3.05) is 16.6 Å². The monoisotopic (exact) mass is 442 g/mol. The van der Waals surface area contributed by atoms with Gasteiger partial charge in [-0.25, -0.2) is 13.4 Å². The summed E-state index contributed by atoms with van der Waals surface area (Å²) in [4.78, 5) is 18.9. The van der Waals surface area contributed by atoms with Gasteiger partial charge in [0.2, 0.25) is 5.91 Å². The number of amides is 1. The number of benzene rings is 2. The average molecular weight is 443 g/mol. The lowest BCUT2D eigenvalue weighted by atomic mass is 9.99. The van der Waals surface area contributed by atoms with Gasteiger partial charge < -0.3 is 5.32 Å². The molecule has 7 nitrogen and oxygen atoms in total. The zero-order chi connectivity index (χ0) is 21.1. The number of sulfonamides is 1. The van der Waals surface area contributed by atoms with E-state index in [1.807, 2.05) is 19.1 Å². The maximum Gasteiger partial charge on any atom is 0.263 e. The molecule has 2 heterocycles. The maximum atomic E-state index is 12.7. The Morgan fingerprint density at radius 3 is 2.57 bits per heavy atom. The van der Waals surface area contributed by atoms with Gasteiger partial charge in [0.25, 0.3) is 10.0 Å². The summed E-state index contributed by atoms with van der Waals surface area (Å²) in [5.74, 6) is -0.120. The van der Waals surface area contributed by atoms with Gasteiger partial charge in [0.05, 0.1) is 10.9 Å². The number of carbonyl (C=O) groups is 1. The molecule has 3 aromatic rings. The topological polar surface area (TPSA) is 91.4 Å². The maximum absolute atomic E-state index is 12.7. The van der Waals surface area contributed by atoms with Gasteiger partial charge in [-0.15, -0.1) is 11.3 Å². The van der Waals surface area contributed by atoms with Crippen molar-refractivity contribution in [1.82, 2.24) is 9.88 Å². The molecular weight excluding hydrogens is 420 g/mol. The van der Waals surface area contributed by atoms with Crippen molar-refractivity contribution in [2.24, 2.45) is 0 Å². The molecule has 1 amide bonds. The first-order valence-electron chi connectivity index (χ1n) is 9.56. The fourth-order valence-corrected chi connectivity index (χ4v) is 5.21. The van der Waals surface area contributed by atoms with E-state index in [0.717, 1.165) is 19.5 Å². The van der Waals surface area contributed by atoms with Gasteiger partial charge in [-0.2, -0.15) is 0 Å². The number of carbonyl (C=O) groups excluding carboxylic acids is 1. The van der Waals surface area contributed by atoms with E-state index in [1.165, 1.54) is 40.8 Å². The van der Waals surface area contributed by atoms with E-state index in [9.17, 15) is 13.2 Å². The van der Waals surface area contributed by atoms with Crippen LogP contribution < -0.4 is 10.0 Å². The van der Waals surface area contributed by atoms with Gasteiger partial charge in [0.1, 0.15) is 0 Å². The van der Waals surface area contributed by atoms with Crippen molar-refractivity contribution in [3.63, 3.8) is 0 Å². The van der Waals surface area contributed by atoms with Crippen LogP contribution in [0.15, 0.2) is 65.0 Å². The van der Waals surface area contributed by atoms with E-state index in [1.54, 1.807) is 17.5 Å². The molecule has 0 spiro atoms. The predicted molar refractivity (Wildman–Crippen MR) is 118 cm³/mol. The molecule has 156 valence electrons. The van der Waals surface area contributed by atoms with Crippen molar-refractivity contribution in [3.05, 3.63) is 71.2 Å². The summed E-state index contributed by atoms with van der Waals surface area (Å²) in [5.41, 5.74) is 3.15. The van der Waals surface area contributed by atoms with E-state index < -0.39 is 10.0 Å². The summed E-state index contributed by atoms with van der Waals surface area (Å²) in [6.07, 6.45) is 2.45. The number of rotatable bonds is 6. The summed E-state index contributed by atoms with van der Waals surface area (Å²) in [7, 11) is -3.71. The first-order valence-corrected chi connectivity index (χ1v) is 11.9. The quantitative estimate of drug-likeness (QED) is 0.611. The van der Waals surface area contributed by atoms with Crippen LogP contribution in [-0.4, -0.2) is 36.8 Å². The van der Waals surface area contributed by atoms with Crippen LogP contribution in [0.1, 0.15) is 18.1 Å². The third-order valence-corrected chi connectivity index (χ3v) is 7.35. The molecule has 0 radical (unpaired) electrons. The van der Waals surface area contributed by atoms with E-state index in [2.05, 4.69) is 32.1 Å². The third kappa shape index (κ3) is 4.53. The molecule has 1 unspecified atom stereocenters. The SMILES string of the molecule is CC(C(=O)Nc1ccc(S(=O)(=O)Nc2nccs2)cc1)N1CCc2ccccc2C1. The van der Waals surface area contributed by atoms with E-state index in [0.29, 0.717) is 10.8 Å².